The molecule has 2 aromatic rings. The van der Waals surface area contributed by atoms with E-state index in [1.165, 1.54) is 23.5 Å². The second-order valence-electron chi connectivity index (χ2n) is 10.5. The molecule has 0 bridgehead atoms. The number of hydrogen-bond donors (Lipinski definition) is 1. The van der Waals surface area contributed by atoms with Crippen LogP contribution in [0.1, 0.15) is 52.2 Å². The molecule has 0 aromatic heterocycles. The number of sulfonamides is 1. The molecule has 9 heteroatoms. The van der Waals surface area contributed by atoms with Crippen LogP contribution in [0.15, 0.2) is 53.4 Å². The Hall–Kier alpha value is -2.93. The lowest BCUT2D eigenvalue weighted by Gasteiger charge is -2.30. The lowest BCUT2D eigenvalue weighted by molar-refractivity contribution is -0.157. The van der Waals surface area contributed by atoms with Crippen LogP contribution in [-0.4, -0.2) is 55.7 Å². The molecule has 0 saturated carbocycles. The first-order chi connectivity index (χ1) is 17.2. The first-order valence-electron chi connectivity index (χ1n) is 12.3. The van der Waals surface area contributed by atoms with Crippen LogP contribution in [0.2, 0.25) is 0 Å². The third-order valence-corrected chi connectivity index (χ3v) is 7.48. The summed E-state index contributed by atoms with van der Waals surface area (Å²) in [5.41, 5.74) is 0.629. The van der Waals surface area contributed by atoms with Gasteiger partial charge in [0.1, 0.15) is 11.4 Å². The fraction of sp³-hybridized carbons (Fsp3) is 0.500. The van der Waals surface area contributed by atoms with Crippen LogP contribution in [0.4, 0.5) is 0 Å². The van der Waals surface area contributed by atoms with Gasteiger partial charge >= 0.3 is 5.97 Å². The lowest BCUT2D eigenvalue weighted by Crippen LogP contribution is -2.43. The molecule has 0 radical (unpaired) electrons. The topological polar surface area (TPSA) is 117 Å². The standard InChI is InChI=1S/C28H38N2O6S/c1-20(2)18-30(37(33,34)25-13-11-24(35-6)12-14-25)19-26(31)23(16-27(32)36-28(3,4)5)15-21-7-9-22(17-29)10-8-21/h7-14,20,23,26,31H,15-16,18-19H2,1-6H3/t23-,26-/m1/s1. The van der Waals surface area contributed by atoms with Crippen molar-refractivity contribution in [3.05, 3.63) is 59.7 Å². The fourth-order valence-electron chi connectivity index (χ4n) is 3.89. The summed E-state index contributed by atoms with van der Waals surface area (Å²) in [5.74, 6) is -0.542. The third-order valence-electron chi connectivity index (χ3n) is 5.63. The van der Waals surface area contributed by atoms with Crippen LogP contribution in [-0.2, 0) is 26.0 Å². The van der Waals surface area contributed by atoms with Crippen molar-refractivity contribution in [1.82, 2.24) is 4.31 Å². The molecule has 0 heterocycles. The average Bonchev–Trinajstić information content (AvgIpc) is 2.82. The molecular formula is C28H38N2O6S. The molecule has 0 aliphatic rings. The zero-order chi connectivity index (χ0) is 27.8. The number of carbonyl (C=O) groups excluding carboxylic acids is 1. The van der Waals surface area contributed by atoms with Crippen molar-refractivity contribution in [2.75, 3.05) is 20.2 Å². The summed E-state index contributed by atoms with van der Waals surface area (Å²) in [6.07, 6.45) is -0.921. The van der Waals surface area contributed by atoms with E-state index in [4.69, 9.17) is 14.7 Å². The van der Waals surface area contributed by atoms with E-state index in [2.05, 4.69) is 6.07 Å². The third kappa shape index (κ3) is 9.47. The molecule has 0 spiro atoms. The maximum Gasteiger partial charge on any atom is 0.306 e. The molecule has 37 heavy (non-hydrogen) atoms. The molecule has 2 atom stereocenters. The molecule has 0 aliphatic heterocycles. The summed E-state index contributed by atoms with van der Waals surface area (Å²) in [6, 6.07) is 15.1. The van der Waals surface area contributed by atoms with Gasteiger partial charge in [-0.2, -0.15) is 9.57 Å². The van der Waals surface area contributed by atoms with Gasteiger partial charge in [0, 0.05) is 19.0 Å². The number of methoxy groups -OCH3 is 1. The van der Waals surface area contributed by atoms with Crippen LogP contribution in [0.3, 0.4) is 0 Å². The number of esters is 1. The van der Waals surface area contributed by atoms with Crippen molar-refractivity contribution < 1.29 is 27.8 Å². The molecule has 0 fully saturated rings. The number of carbonyl (C=O) groups is 1. The van der Waals surface area contributed by atoms with Gasteiger partial charge in [0.2, 0.25) is 10.0 Å². The Kier molecular flexibility index (Phi) is 10.7. The number of aliphatic hydroxyl groups excluding tert-OH is 1. The number of nitrogens with zero attached hydrogens (tertiary/aromatic N) is 2. The Balaban J connectivity index is 2.34. The summed E-state index contributed by atoms with van der Waals surface area (Å²) >= 11 is 0. The SMILES string of the molecule is COc1ccc(S(=O)(=O)N(CC(C)C)C[C@@H](O)[C@@H](CC(=O)OC(C)(C)C)Cc2ccc(C#N)cc2)cc1. The van der Waals surface area contributed by atoms with Gasteiger partial charge in [0.25, 0.3) is 0 Å². The summed E-state index contributed by atoms with van der Waals surface area (Å²) in [5, 5.41) is 20.4. The maximum atomic E-state index is 13.5. The molecule has 8 nitrogen and oxygen atoms in total. The minimum Gasteiger partial charge on any atom is -0.497 e. The van der Waals surface area contributed by atoms with E-state index in [1.807, 2.05) is 13.8 Å². The molecule has 0 unspecified atom stereocenters. The molecular weight excluding hydrogens is 492 g/mol. The molecule has 0 saturated heterocycles. The number of hydrogen-bond acceptors (Lipinski definition) is 7. The number of nitriles is 1. The Bertz CT molecular complexity index is 1160. The van der Waals surface area contributed by atoms with Gasteiger partial charge in [-0.15, -0.1) is 0 Å². The summed E-state index contributed by atoms with van der Waals surface area (Å²) < 4.78 is 38.9. The number of ether oxygens (including phenoxy) is 2. The molecule has 0 aliphatic carbocycles. The molecule has 2 aromatic carbocycles. The number of aliphatic hydroxyl groups is 1. The van der Waals surface area contributed by atoms with Gasteiger partial charge in [-0.25, -0.2) is 8.42 Å². The Labute approximate surface area is 220 Å². The average molecular weight is 531 g/mol. The van der Waals surface area contributed by atoms with Crippen LogP contribution in [0.25, 0.3) is 0 Å². The highest BCUT2D eigenvalue weighted by Crippen LogP contribution is 2.25. The zero-order valence-corrected chi connectivity index (χ0v) is 23.3. The van der Waals surface area contributed by atoms with Gasteiger partial charge in [-0.1, -0.05) is 26.0 Å². The van der Waals surface area contributed by atoms with Gasteiger partial charge in [0.05, 0.1) is 36.2 Å². The monoisotopic (exact) mass is 530 g/mol. The second-order valence-corrected chi connectivity index (χ2v) is 12.5. The minimum atomic E-state index is -3.92. The predicted octanol–water partition coefficient (Wildman–Crippen LogP) is 4.17. The van der Waals surface area contributed by atoms with E-state index in [9.17, 15) is 18.3 Å². The van der Waals surface area contributed by atoms with Crippen molar-refractivity contribution in [2.24, 2.45) is 11.8 Å². The second kappa shape index (κ2) is 13.0. The Morgan fingerprint density at radius 1 is 1.05 bits per heavy atom. The normalized spacial score (nSPS) is 13.7. The molecule has 0 amide bonds. The zero-order valence-electron chi connectivity index (χ0n) is 22.5. The maximum absolute atomic E-state index is 13.5. The fourth-order valence-corrected chi connectivity index (χ4v) is 5.51. The van der Waals surface area contributed by atoms with E-state index in [0.29, 0.717) is 17.7 Å². The van der Waals surface area contributed by atoms with Gasteiger partial charge in [0.15, 0.2) is 0 Å². The number of benzene rings is 2. The molecule has 2 rings (SSSR count). The van der Waals surface area contributed by atoms with Gasteiger partial charge in [-0.05, 0) is 75.1 Å². The predicted molar refractivity (Wildman–Crippen MR) is 141 cm³/mol. The van der Waals surface area contributed by atoms with Crippen LogP contribution in [0, 0.1) is 23.2 Å². The summed E-state index contributed by atoms with van der Waals surface area (Å²) in [6.45, 7) is 9.11. The molecule has 202 valence electrons. The summed E-state index contributed by atoms with van der Waals surface area (Å²) in [4.78, 5) is 12.8. The van der Waals surface area contributed by atoms with Crippen LogP contribution < -0.4 is 4.74 Å². The highest BCUT2D eigenvalue weighted by atomic mass is 32.2. The van der Waals surface area contributed by atoms with Crippen molar-refractivity contribution in [1.29, 1.82) is 5.26 Å². The van der Waals surface area contributed by atoms with E-state index in [-0.39, 0.29) is 30.3 Å². The van der Waals surface area contributed by atoms with Crippen LogP contribution in [0.5, 0.6) is 5.75 Å². The quantitative estimate of drug-likeness (QED) is 0.409. The molecule has 1 N–H and O–H groups in total. The Morgan fingerprint density at radius 2 is 1.65 bits per heavy atom. The first kappa shape index (κ1) is 30.3. The largest absolute Gasteiger partial charge is 0.497 e. The van der Waals surface area contributed by atoms with E-state index in [0.717, 1.165) is 5.56 Å². The first-order valence-corrected chi connectivity index (χ1v) is 13.7. The van der Waals surface area contributed by atoms with Gasteiger partial charge in [-0.3, -0.25) is 4.79 Å². The van der Waals surface area contributed by atoms with Crippen molar-refractivity contribution in [2.45, 2.75) is 64.1 Å². The number of rotatable bonds is 12. The highest BCUT2D eigenvalue weighted by molar-refractivity contribution is 7.89. The summed E-state index contributed by atoms with van der Waals surface area (Å²) in [7, 11) is -2.42. The highest BCUT2D eigenvalue weighted by Gasteiger charge is 2.32. The van der Waals surface area contributed by atoms with Crippen LogP contribution >= 0.6 is 0 Å². The van der Waals surface area contributed by atoms with Crippen molar-refractivity contribution in [3.8, 4) is 11.8 Å². The van der Waals surface area contributed by atoms with E-state index < -0.39 is 33.6 Å². The van der Waals surface area contributed by atoms with Crippen molar-refractivity contribution in [3.63, 3.8) is 0 Å². The van der Waals surface area contributed by atoms with E-state index in [1.54, 1.807) is 57.2 Å². The minimum absolute atomic E-state index is 0.00283. The smallest absolute Gasteiger partial charge is 0.306 e. The van der Waals surface area contributed by atoms with Crippen molar-refractivity contribution >= 4 is 16.0 Å². The Morgan fingerprint density at radius 3 is 2.14 bits per heavy atom. The van der Waals surface area contributed by atoms with Gasteiger partial charge < -0.3 is 14.6 Å². The van der Waals surface area contributed by atoms with E-state index >= 15 is 0 Å². The lowest BCUT2D eigenvalue weighted by atomic mass is 9.90.